The molecule has 2 bridgehead atoms. The third-order valence-electron chi connectivity index (χ3n) is 6.38. The van der Waals surface area contributed by atoms with E-state index >= 15 is 0 Å². The molecule has 0 amide bonds. The number of fused-ring (bicyclic) bond motifs is 7. The van der Waals surface area contributed by atoms with E-state index < -0.39 is 0 Å². The van der Waals surface area contributed by atoms with Gasteiger partial charge in [0.05, 0.1) is 0 Å². The van der Waals surface area contributed by atoms with Gasteiger partial charge in [-0.2, -0.15) is 0 Å². The maximum atomic E-state index is 10.9. The zero-order valence-corrected chi connectivity index (χ0v) is 19.6. The van der Waals surface area contributed by atoms with E-state index in [0.717, 1.165) is 68.8 Å². The highest BCUT2D eigenvalue weighted by Crippen LogP contribution is 2.55. The van der Waals surface area contributed by atoms with E-state index in [2.05, 4.69) is 31.9 Å². The van der Waals surface area contributed by atoms with Crippen molar-refractivity contribution in [2.75, 3.05) is 0 Å². The largest absolute Gasteiger partial charge is 0.507 e. The van der Waals surface area contributed by atoms with Gasteiger partial charge in [0.1, 0.15) is 23.0 Å². The minimum atomic E-state index is -0.387. The van der Waals surface area contributed by atoms with Crippen molar-refractivity contribution in [3.63, 3.8) is 0 Å². The second-order valence-electron chi connectivity index (χ2n) is 7.70. The molecule has 6 heteroatoms. The molecule has 2 aromatic rings. The standard InChI is InChI=1S/C22H24Br2O4/c1-9-11(3)21-17(14(7-23)19(9)25)13-5-6-16(27-21)28-22-12(4)10(2)20(26)15(8-24)18(13)22/h13,16,25-26H,5-8H2,1-4H3. The number of alkyl halides is 2. The summed E-state index contributed by atoms with van der Waals surface area (Å²) in [6.45, 7) is 7.80. The lowest BCUT2D eigenvalue weighted by Crippen LogP contribution is -2.25. The van der Waals surface area contributed by atoms with Crippen LogP contribution < -0.4 is 9.47 Å². The third kappa shape index (κ3) is 2.67. The van der Waals surface area contributed by atoms with Gasteiger partial charge in [-0.3, -0.25) is 0 Å². The molecular weight excluding hydrogens is 488 g/mol. The highest BCUT2D eigenvalue weighted by Gasteiger charge is 2.39. The van der Waals surface area contributed by atoms with Crippen molar-refractivity contribution in [3.05, 3.63) is 44.5 Å². The molecule has 150 valence electrons. The Labute approximate surface area is 182 Å². The fourth-order valence-corrected chi connectivity index (χ4v) is 5.67. The van der Waals surface area contributed by atoms with Gasteiger partial charge in [-0.15, -0.1) is 0 Å². The molecule has 28 heavy (non-hydrogen) atoms. The maximum absolute atomic E-state index is 10.9. The molecule has 4 nitrogen and oxygen atoms in total. The lowest BCUT2D eigenvalue weighted by molar-refractivity contribution is 0.00250. The molecule has 2 aliphatic rings. The van der Waals surface area contributed by atoms with Gasteiger partial charge in [-0.05, 0) is 56.4 Å². The van der Waals surface area contributed by atoms with Crippen LogP contribution in [0.15, 0.2) is 0 Å². The number of halogens is 2. The first-order valence-electron chi connectivity index (χ1n) is 9.46. The fourth-order valence-electron chi connectivity index (χ4n) is 4.53. The summed E-state index contributed by atoms with van der Waals surface area (Å²) in [5.41, 5.74) is 7.27. The highest BCUT2D eigenvalue weighted by atomic mass is 79.9. The molecule has 4 rings (SSSR count). The summed E-state index contributed by atoms with van der Waals surface area (Å²) in [4.78, 5) is 0. The summed E-state index contributed by atoms with van der Waals surface area (Å²) >= 11 is 7.14. The van der Waals surface area contributed by atoms with Gasteiger partial charge in [-0.1, -0.05) is 31.9 Å². The van der Waals surface area contributed by atoms with Crippen LogP contribution in [0.2, 0.25) is 0 Å². The molecule has 0 saturated carbocycles. The van der Waals surface area contributed by atoms with Crippen molar-refractivity contribution in [3.8, 4) is 23.0 Å². The Balaban J connectivity index is 2.13. The molecule has 2 aromatic carbocycles. The second-order valence-corrected chi connectivity index (χ2v) is 8.82. The Bertz CT molecular complexity index is 908. The molecule has 2 aliphatic heterocycles. The predicted molar refractivity (Wildman–Crippen MR) is 117 cm³/mol. The second kappa shape index (κ2) is 7.13. The zero-order chi connectivity index (χ0) is 20.3. The van der Waals surface area contributed by atoms with E-state index in [-0.39, 0.29) is 12.2 Å². The maximum Gasteiger partial charge on any atom is 0.241 e. The summed E-state index contributed by atoms with van der Waals surface area (Å²) in [7, 11) is 0. The van der Waals surface area contributed by atoms with Gasteiger partial charge >= 0.3 is 0 Å². The SMILES string of the molecule is Cc1c(C)c2c(c(CBr)c1O)C1CCC(O2)Oc2c(C)c(C)c(O)c(CBr)c21. The van der Waals surface area contributed by atoms with Gasteiger partial charge in [0.2, 0.25) is 6.29 Å². The Hall–Kier alpha value is -1.40. The fraction of sp³-hybridized carbons (Fsp3) is 0.455. The van der Waals surface area contributed by atoms with Crippen molar-refractivity contribution in [1.29, 1.82) is 0 Å². The van der Waals surface area contributed by atoms with Crippen molar-refractivity contribution in [1.82, 2.24) is 0 Å². The normalized spacial score (nSPS) is 19.9. The molecule has 0 atom stereocenters. The van der Waals surface area contributed by atoms with E-state index in [1.807, 2.05) is 27.7 Å². The first-order valence-corrected chi connectivity index (χ1v) is 11.7. The molecule has 0 spiro atoms. The first kappa shape index (κ1) is 19.9. The quantitative estimate of drug-likeness (QED) is 0.475. The van der Waals surface area contributed by atoms with Crippen LogP contribution in [0.25, 0.3) is 0 Å². The van der Waals surface area contributed by atoms with Crippen molar-refractivity contribution in [2.45, 2.75) is 63.4 Å². The Morgan fingerprint density at radius 1 is 0.750 bits per heavy atom. The van der Waals surface area contributed by atoms with Crippen molar-refractivity contribution >= 4 is 31.9 Å². The van der Waals surface area contributed by atoms with E-state index in [1.54, 1.807) is 0 Å². The highest BCUT2D eigenvalue weighted by molar-refractivity contribution is 9.08. The number of hydrogen-bond donors (Lipinski definition) is 2. The van der Waals surface area contributed by atoms with Gasteiger partial charge < -0.3 is 19.7 Å². The predicted octanol–water partition coefficient (Wildman–Crippen LogP) is 6.14. The minimum Gasteiger partial charge on any atom is -0.507 e. The number of benzene rings is 2. The van der Waals surface area contributed by atoms with Crippen LogP contribution in [0.5, 0.6) is 23.0 Å². The lowest BCUT2D eigenvalue weighted by atomic mass is 9.79. The van der Waals surface area contributed by atoms with Crippen LogP contribution in [0, 0.1) is 27.7 Å². The van der Waals surface area contributed by atoms with Crippen LogP contribution in [-0.2, 0) is 10.7 Å². The van der Waals surface area contributed by atoms with Gasteiger partial charge in [-0.25, -0.2) is 0 Å². The van der Waals surface area contributed by atoms with Crippen molar-refractivity contribution < 1.29 is 19.7 Å². The van der Waals surface area contributed by atoms with E-state index in [9.17, 15) is 10.2 Å². The zero-order valence-electron chi connectivity index (χ0n) is 16.4. The molecular formula is C22H24Br2O4. The summed E-state index contributed by atoms with van der Waals surface area (Å²) < 4.78 is 12.7. The van der Waals surface area contributed by atoms with Crippen molar-refractivity contribution in [2.24, 2.45) is 0 Å². The molecule has 0 aromatic heterocycles. The summed E-state index contributed by atoms with van der Waals surface area (Å²) in [5.74, 6) is 2.23. The number of ether oxygens (including phenoxy) is 2. The van der Waals surface area contributed by atoms with Crippen LogP contribution in [0.3, 0.4) is 0 Å². The third-order valence-corrected chi connectivity index (χ3v) is 7.50. The van der Waals surface area contributed by atoms with Gasteiger partial charge in [0.25, 0.3) is 0 Å². The molecule has 0 saturated heterocycles. The van der Waals surface area contributed by atoms with Crippen LogP contribution in [-0.4, -0.2) is 16.5 Å². The summed E-state index contributed by atoms with van der Waals surface area (Å²) in [6.07, 6.45) is 1.19. The smallest absolute Gasteiger partial charge is 0.241 e. The number of hydrogen-bond acceptors (Lipinski definition) is 4. The summed E-state index contributed by atoms with van der Waals surface area (Å²) in [6, 6.07) is 0. The topological polar surface area (TPSA) is 58.9 Å². The molecule has 0 aliphatic carbocycles. The van der Waals surface area contributed by atoms with E-state index in [1.165, 1.54) is 0 Å². The molecule has 0 unspecified atom stereocenters. The Morgan fingerprint density at radius 2 is 1.18 bits per heavy atom. The average molecular weight is 512 g/mol. The van der Waals surface area contributed by atoms with Gasteiger partial charge in [0, 0.05) is 45.3 Å². The Morgan fingerprint density at radius 3 is 1.57 bits per heavy atom. The monoisotopic (exact) mass is 510 g/mol. The lowest BCUT2D eigenvalue weighted by Gasteiger charge is -2.31. The molecule has 0 fully saturated rings. The first-order chi connectivity index (χ1) is 13.3. The number of phenolic OH excluding ortho intramolecular Hbond substituents is 2. The van der Waals surface area contributed by atoms with Crippen LogP contribution >= 0.6 is 31.9 Å². The Kier molecular flexibility index (Phi) is 5.07. The van der Waals surface area contributed by atoms with Gasteiger partial charge in [0.15, 0.2) is 0 Å². The number of phenols is 2. The average Bonchev–Trinajstić information content (AvgIpc) is 2.97. The van der Waals surface area contributed by atoms with E-state index in [0.29, 0.717) is 22.2 Å². The summed E-state index contributed by atoms with van der Waals surface area (Å²) in [5, 5.41) is 22.8. The molecule has 2 N–H and O–H groups in total. The minimum absolute atomic E-state index is 0.0204. The number of aromatic hydroxyl groups is 2. The molecule has 0 radical (unpaired) electrons. The molecule has 2 heterocycles. The van der Waals surface area contributed by atoms with Crippen LogP contribution in [0.1, 0.15) is 63.3 Å². The van der Waals surface area contributed by atoms with E-state index in [4.69, 9.17) is 9.47 Å². The van der Waals surface area contributed by atoms with Crippen LogP contribution in [0.4, 0.5) is 0 Å². The number of rotatable bonds is 2.